The quantitative estimate of drug-likeness (QED) is 0.430. The van der Waals surface area contributed by atoms with Gasteiger partial charge >= 0.3 is 0 Å². The van der Waals surface area contributed by atoms with Crippen molar-refractivity contribution in [2.75, 3.05) is 12.8 Å². The number of rotatable bonds is 3. The first-order valence-corrected chi connectivity index (χ1v) is 13.3. The Balaban J connectivity index is 1.63. The van der Waals surface area contributed by atoms with Crippen molar-refractivity contribution in [2.24, 2.45) is 17.8 Å². The molecule has 3 aromatic heterocycles. The zero-order valence-electron chi connectivity index (χ0n) is 18.4. The van der Waals surface area contributed by atoms with E-state index in [-0.39, 0.29) is 11.7 Å². The highest BCUT2D eigenvalue weighted by molar-refractivity contribution is 7.98. The van der Waals surface area contributed by atoms with Crippen LogP contribution in [-0.2, 0) is 22.3 Å². The van der Waals surface area contributed by atoms with E-state index in [9.17, 15) is 4.21 Å². The van der Waals surface area contributed by atoms with E-state index in [4.69, 9.17) is 17.3 Å². The van der Waals surface area contributed by atoms with Gasteiger partial charge in [-0.3, -0.25) is 9.29 Å². The van der Waals surface area contributed by atoms with Crippen LogP contribution in [0.15, 0.2) is 53.9 Å². The van der Waals surface area contributed by atoms with Crippen LogP contribution in [-0.4, -0.2) is 47.7 Å². The second kappa shape index (κ2) is 7.58. The molecule has 1 aliphatic rings. The van der Waals surface area contributed by atoms with Crippen molar-refractivity contribution in [3.05, 3.63) is 58.8 Å². The van der Waals surface area contributed by atoms with E-state index in [0.29, 0.717) is 5.02 Å². The number of pyridine rings is 1. The van der Waals surface area contributed by atoms with Gasteiger partial charge in [-0.25, -0.2) is 14.2 Å². The maximum absolute atomic E-state index is 13.1. The van der Waals surface area contributed by atoms with Crippen LogP contribution in [0.25, 0.3) is 32.7 Å². The Morgan fingerprint density at radius 3 is 2.48 bits per heavy atom. The first-order chi connectivity index (χ1) is 15.6. The Hall–Kier alpha value is -2.88. The molecule has 2 atom stereocenters. The van der Waals surface area contributed by atoms with Crippen molar-refractivity contribution in [3.8, 4) is 22.6 Å². The van der Waals surface area contributed by atoms with Gasteiger partial charge in [-0.1, -0.05) is 35.9 Å². The average molecular weight is 499 g/mol. The molecule has 0 aliphatic carbocycles. The first-order valence-electron chi connectivity index (χ1n) is 10.2. The molecule has 0 fully saturated rings. The van der Waals surface area contributed by atoms with Crippen LogP contribution < -0.4 is 5.73 Å². The molecule has 0 radical (unpaired) electrons. The molecule has 1 unspecified atom stereocenters. The van der Waals surface area contributed by atoms with Gasteiger partial charge in [-0.05, 0) is 18.9 Å². The molecule has 1 aliphatic heterocycles. The summed E-state index contributed by atoms with van der Waals surface area (Å²) in [6.45, 7) is 1.91. The molecule has 170 valence electrons. The third-order valence-electron chi connectivity index (χ3n) is 5.96. The lowest BCUT2D eigenvalue weighted by atomic mass is 10.0. The number of nitrogens with two attached hydrogens (primary N) is 1. The van der Waals surface area contributed by atoms with Gasteiger partial charge in [0.05, 0.1) is 35.8 Å². The standard InChI is InChI=1S/C23H23ClN6OS2/c1-23(13-33(4,31)30(3)22(25)28-23)20-17(24)16-9-10-26-18(19(16)32-20)14-5-7-15(8-6-14)21-27-11-12-29(21)2/h5-12H,4,13H2,1-3H3,(H2,25,28)/t23-,33?/m0/s1. The number of aryl methyl sites for hydroxylation is 1. The number of aliphatic imine (C=N–C) groups is 1. The number of benzene rings is 1. The van der Waals surface area contributed by atoms with E-state index < -0.39 is 15.2 Å². The van der Waals surface area contributed by atoms with Crippen LogP contribution in [0, 0.1) is 0 Å². The second-order valence-corrected chi connectivity index (χ2v) is 12.2. The van der Waals surface area contributed by atoms with Crippen LogP contribution in [0.5, 0.6) is 0 Å². The van der Waals surface area contributed by atoms with Crippen molar-refractivity contribution in [1.82, 2.24) is 18.8 Å². The Kier molecular flexibility index (Phi) is 5.04. The smallest absolute Gasteiger partial charge is 0.203 e. The van der Waals surface area contributed by atoms with Crippen molar-refractivity contribution < 1.29 is 4.21 Å². The summed E-state index contributed by atoms with van der Waals surface area (Å²) in [6, 6.07) is 10.0. The van der Waals surface area contributed by atoms with Crippen LogP contribution in [0.4, 0.5) is 0 Å². The van der Waals surface area contributed by atoms with Gasteiger partial charge in [0.15, 0.2) is 0 Å². The van der Waals surface area contributed by atoms with Crippen molar-refractivity contribution in [2.45, 2.75) is 12.5 Å². The zero-order valence-corrected chi connectivity index (χ0v) is 20.8. The lowest BCUT2D eigenvalue weighted by molar-refractivity contribution is 0.522. The fourth-order valence-corrected chi connectivity index (χ4v) is 7.72. The minimum atomic E-state index is -2.61. The Labute approximate surface area is 201 Å². The molecular formula is C23H23ClN6OS2. The number of imidazole rings is 1. The molecule has 1 aromatic carbocycles. The van der Waals surface area contributed by atoms with Crippen molar-refractivity contribution in [3.63, 3.8) is 0 Å². The van der Waals surface area contributed by atoms with Crippen LogP contribution in [0.2, 0.25) is 5.02 Å². The minimum absolute atomic E-state index is 0.195. The highest BCUT2D eigenvalue weighted by Crippen LogP contribution is 2.47. The largest absolute Gasteiger partial charge is 0.369 e. The molecule has 33 heavy (non-hydrogen) atoms. The van der Waals surface area contributed by atoms with Gasteiger partial charge in [0, 0.05) is 49.2 Å². The molecule has 0 amide bonds. The predicted molar refractivity (Wildman–Crippen MR) is 139 cm³/mol. The van der Waals surface area contributed by atoms with Crippen LogP contribution >= 0.6 is 22.9 Å². The van der Waals surface area contributed by atoms with Gasteiger partial charge in [-0.15, -0.1) is 11.3 Å². The van der Waals surface area contributed by atoms with E-state index in [1.165, 1.54) is 15.6 Å². The molecule has 7 nitrogen and oxygen atoms in total. The fourth-order valence-electron chi connectivity index (χ4n) is 4.14. The Morgan fingerprint density at radius 2 is 1.85 bits per heavy atom. The summed E-state index contributed by atoms with van der Waals surface area (Å²) in [7, 11) is 1.01. The van der Waals surface area contributed by atoms with Gasteiger partial charge in [-0.2, -0.15) is 0 Å². The van der Waals surface area contributed by atoms with Gasteiger partial charge in [0.1, 0.15) is 11.4 Å². The SMILES string of the molecule is C=S1(=O)C[C@@](C)(c2sc3c(-c4ccc(-c5nccn5C)cc4)nccc3c2Cl)N=C(N)N1C. The lowest BCUT2D eigenvalue weighted by Gasteiger charge is -2.36. The topological polar surface area (TPSA) is 89.4 Å². The molecular weight excluding hydrogens is 476 g/mol. The number of aromatic nitrogens is 3. The molecule has 2 N–H and O–H groups in total. The molecule has 0 saturated carbocycles. The molecule has 10 heteroatoms. The molecule has 0 spiro atoms. The number of nitrogens with zero attached hydrogens (tertiary/aromatic N) is 5. The summed E-state index contributed by atoms with van der Waals surface area (Å²) in [4.78, 5) is 14.5. The Morgan fingerprint density at radius 1 is 1.15 bits per heavy atom. The third-order valence-corrected chi connectivity index (χ3v) is 10.1. The number of halogens is 1. The summed E-state index contributed by atoms with van der Waals surface area (Å²) in [5.74, 6) is 5.22. The molecule has 0 saturated heterocycles. The molecule has 4 aromatic rings. The third kappa shape index (κ3) is 3.51. The summed E-state index contributed by atoms with van der Waals surface area (Å²) >= 11 is 8.38. The van der Waals surface area contributed by atoms with Crippen molar-refractivity contribution in [1.29, 1.82) is 0 Å². The average Bonchev–Trinajstić information content (AvgIpc) is 3.35. The monoisotopic (exact) mass is 498 g/mol. The first kappa shape index (κ1) is 21.9. The number of fused-ring (bicyclic) bond motifs is 1. The summed E-state index contributed by atoms with van der Waals surface area (Å²) in [6.07, 6.45) is 5.46. The van der Waals surface area contributed by atoms with Gasteiger partial charge < -0.3 is 10.3 Å². The van der Waals surface area contributed by atoms with Crippen LogP contribution in [0.1, 0.15) is 11.8 Å². The van der Waals surface area contributed by atoms with E-state index in [1.807, 2.05) is 55.1 Å². The Bertz CT molecular complexity index is 1520. The van der Waals surface area contributed by atoms with Gasteiger partial charge in [0.25, 0.3) is 0 Å². The molecule has 4 heterocycles. The predicted octanol–water partition coefficient (Wildman–Crippen LogP) is 4.12. The highest BCUT2D eigenvalue weighted by Gasteiger charge is 2.40. The zero-order chi connectivity index (χ0) is 23.5. The van der Waals surface area contributed by atoms with E-state index in [2.05, 4.69) is 20.8 Å². The fraction of sp³-hybridized carbons (Fsp3) is 0.217. The van der Waals surface area contributed by atoms with E-state index in [0.717, 1.165) is 37.6 Å². The minimum Gasteiger partial charge on any atom is -0.369 e. The van der Waals surface area contributed by atoms with E-state index >= 15 is 0 Å². The number of hydrogen-bond acceptors (Lipinski definition) is 6. The normalized spacial score (nSPS) is 23.2. The maximum atomic E-state index is 13.1. The molecule has 0 bridgehead atoms. The highest BCUT2D eigenvalue weighted by atomic mass is 35.5. The lowest BCUT2D eigenvalue weighted by Crippen LogP contribution is -2.50. The van der Waals surface area contributed by atoms with Crippen molar-refractivity contribution >= 4 is 54.6 Å². The van der Waals surface area contributed by atoms with E-state index in [1.54, 1.807) is 19.4 Å². The number of guanidine groups is 1. The van der Waals surface area contributed by atoms with Crippen LogP contribution in [0.3, 0.4) is 0 Å². The maximum Gasteiger partial charge on any atom is 0.203 e. The second-order valence-electron chi connectivity index (χ2n) is 8.38. The summed E-state index contributed by atoms with van der Waals surface area (Å²) < 4.78 is 17.5. The number of hydrogen-bond donors (Lipinski definition) is 1. The summed E-state index contributed by atoms with van der Waals surface area (Å²) in [5, 5.41) is 1.47. The molecule has 5 rings (SSSR count). The van der Waals surface area contributed by atoms with Gasteiger partial charge in [0.2, 0.25) is 5.96 Å². The number of thiophene rings is 1. The summed E-state index contributed by atoms with van der Waals surface area (Å²) in [5.41, 5.74) is 8.09.